The van der Waals surface area contributed by atoms with Crippen LogP contribution in [0.25, 0.3) is 0 Å². The quantitative estimate of drug-likeness (QED) is 0.223. The first-order valence-corrected chi connectivity index (χ1v) is 23.1. The van der Waals surface area contributed by atoms with Gasteiger partial charge < -0.3 is 48.1 Å². The highest BCUT2D eigenvalue weighted by atomic mass is 35.5. The number of fused-ring (bicyclic) bond motifs is 5. The van der Waals surface area contributed by atoms with Crippen LogP contribution in [0.3, 0.4) is 0 Å². The first-order chi connectivity index (χ1) is 28.8. The van der Waals surface area contributed by atoms with E-state index in [9.17, 15) is 4.79 Å². The van der Waals surface area contributed by atoms with Crippen LogP contribution in [0.2, 0.25) is 5.02 Å². The molecule has 6 aliphatic rings. The van der Waals surface area contributed by atoms with Crippen molar-refractivity contribution in [1.29, 1.82) is 0 Å². The summed E-state index contributed by atoms with van der Waals surface area (Å²) in [6, 6.07) is 8.09. The van der Waals surface area contributed by atoms with Gasteiger partial charge in [0.25, 0.3) is 0 Å². The summed E-state index contributed by atoms with van der Waals surface area (Å²) < 4.78 is 50.4. The molecule has 3 aliphatic heterocycles. The monoisotopic (exact) mass is 858 g/mol. The maximum atomic E-state index is 15.1. The Balaban J connectivity index is 1.19. The van der Waals surface area contributed by atoms with E-state index in [0.29, 0.717) is 23.4 Å². The first kappa shape index (κ1) is 45.9. The molecule has 1 aromatic carbocycles. The molecule has 13 heteroatoms. The molecule has 1 N–H and O–H groups in total. The van der Waals surface area contributed by atoms with Crippen LogP contribution in [0.4, 0.5) is 5.69 Å². The van der Waals surface area contributed by atoms with E-state index in [4.69, 9.17) is 49.5 Å². The molecule has 7 rings (SSSR count). The third-order valence-corrected chi connectivity index (χ3v) is 15.2. The Morgan fingerprint density at radius 3 is 2.25 bits per heavy atom. The van der Waals surface area contributed by atoms with Gasteiger partial charge in [-0.1, -0.05) is 31.5 Å². The number of halogens is 1. The standard InChI is InChI=1S/C47H71ClN2O10/c1-10-31-12-11-13-39(60-41-19-18-38(50(5)6)26(3)56-41)25(2)43(52)36-23-34-33-22-32(59-47-46(55-9)45(54-8)44(53-7)27(4)57-47)20-28(33)21-37(42(34)35(36)24-40(51)58-31)49-30-16-14-29(48)15-17-30/h14-17,23,25-28,31-35,37-39,41-42,44-47,49H,10-13,18-22,24H2,1-9H3/t25-,26?,27?,28+,31+,32-,33-,34+,35-,37+,38+,39+,41+,42-,44+,45?,46?,47+/m1/s1. The van der Waals surface area contributed by atoms with Crippen molar-refractivity contribution >= 4 is 29.0 Å². The molecule has 0 amide bonds. The molecule has 1 aromatic rings. The minimum absolute atomic E-state index is 0.0133. The van der Waals surface area contributed by atoms with Crippen molar-refractivity contribution in [2.24, 2.45) is 35.5 Å². The van der Waals surface area contributed by atoms with E-state index >= 15 is 4.79 Å². The number of carbonyl (C=O) groups is 2. The number of hydrogen-bond acceptors (Lipinski definition) is 12. The number of anilines is 1. The van der Waals surface area contributed by atoms with Crippen molar-refractivity contribution in [3.63, 3.8) is 0 Å². The van der Waals surface area contributed by atoms with Crippen molar-refractivity contribution in [2.75, 3.05) is 40.7 Å². The van der Waals surface area contributed by atoms with Crippen LogP contribution >= 0.6 is 11.6 Å². The van der Waals surface area contributed by atoms with Gasteiger partial charge in [-0.3, -0.25) is 9.59 Å². The van der Waals surface area contributed by atoms with Crippen molar-refractivity contribution in [3.05, 3.63) is 40.9 Å². The molecule has 0 bridgehead atoms. The van der Waals surface area contributed by atoms with Gasteiger partial charge in [0, 0.05) is 56.0 Å². The van der Waals surface area contributed by atoms with E-state index in [-0.39, 0.29) is 96.9 Å². The zero-order valence-electron chi connectivity index (χ0n) is 37.3. The third kappa shape index (κ3) is 9.82. The molecule has 0 spiro atoms. The molecule has 3 aliphatic carbocycles. The molecule has 0 aromatic heterocycles. The Labute approximate surface area is 363 Å². The molecule has 60 heavy (non-hydrogen) atoms. The smallest absolute Gasteiger partial charge is 0.306 e. The number of hydrogen-bond donors (Lipinski definition) is 1. The molecular weight excluding hydrogens is 788 g/mol. The normalized spacial score (nSPS) is 42.6. The lowest BCUT2D eigenvalue weighted by Gasteiger charge is -2.45. The summed E-state index contributed by atoms with van der Waals surface area (Å²) in [6.45, 7) is 8.18. The number of carbonyl (C=O) groups excluding carboxylic acids is 2. The van der Waals surface area contributed by atoms with Crippen LogP contribution in [0.1, 0.15) is 91.9 Å². The predicted octanol–water partition coefficient (Wildman–Crippen LogP) is 7.46. The molecular formula is C47H71ClN2O10. The number of esters is 1. The number of methoxy groups -OCH3 is 3. The van der Waals surface area contributed by atoms with Crippen LogP contribution in [0.15, 0.2) is 35.9 Å². The average molecular weight is 860 g/mol. The second-order valence-electron chi connectivity index (χ2n) is 18.7. The van der Waals surface area contributed by atoms with Gasteiger partial charge in [-0.05, 0) is 139 Å². The number of Topliss-reactive ketones (excluding diaryl/α,β-unsaturated/α-hetero) is 1. The maximum Gasteiger partial charge on any atom is 0.306 e. The molecule has 18 atom stereocenters. The van der Waals surface area contributed by atoms with E-state index in [1.54, 1.807) is 21.3 Å². The van der Waals surface area contributed by atoms with Crippen molar-refractivity contribution < 1.29 is 47.5 Å². The second kappa shape index (κ2) is 20.1. The molecule has 5 fully saturated rings. The minimum atomic E-state index is -0.632. The molecule has 336 valence electrons. The molecule has 3 saturated heterocycles. The van der Waals surface area contributed by atoms with Gasteiger partial charge in [0.05, 0.1) is 30.8 Å². The number of benzene rings is 1. The number of ketones is 1. The number of ether oxygens (including phenoxy) is 8. The zero-order valence-corrected chi connectivity index (χ0v) is 38.0. The Hall–Kier alpha value is -2.13. The Morgan fingerprint density at radius 1 is 0.850 bits per heavy atom. The van der Waals surface area contributed by atoms with Gasteiger partial charge in [-0.15, -0.1) is 0 Å². The highest BCUT2D eigenvalue weighted by Gasteiger charge is 2.57. The van der Waals surface area contributed by atoms with Crippen LogP contribution in [-0.4, -0.2) is 126 Å². The number of nitrogens with zero attached hydrogens (tertiary/aromatic N) is 1. The van der Waals surface area contributed by atoms with Gasteiger partial charge in [0.1, 0.15) is 24.4 Å². The van der Waals surface area contributed by atoms with Crippen LogP contribution < -0.4 is 5.32 Å². The van der Waals surface area contributed by atoms with Crippen molar-refractivity contribution in [1.82, 2.24) is 4.90 Å². The van der Waals surface area contributed by atoms with Crippen molar-refractivity contribution in [2.45, 2.75) is 165 Å². The molecule has 12 nitrogen and oxygen atoms in total. The number of nitrogens with one attached hydrogen (secondary N) is 1. The highest BCUT2D eigenvalue weighted by molar-refractivity contribution is 6.30. The third-order valence-electron chi connectivity index (χ3n) is 15.0. The Morgan fingerprint density at radius 2 is 1.58 bits per heavy atom. The summed E-state index contributed by atoms with van der Waals surface area (Å²) in [4.78, 5) is 31.3. The largest absolute Gasteiger partial charge is 0.462 e. The summed E-state index contributed by atoms with van der Waals surface area (Å²) in [5.41, 5.74) is 1.70. The lowest BCUT2D eigenvalue weighted by atomic mass is 9.63. The SMILES string of the molecule is CC[C@H]1CCC[C@H](O[C@H]2CC[C@H](N(C)C)C(C)O2)[C@@H](C)C(=O)C2=C[C@H]3[C@@H]4C[C@H](O[C@@H]5OC(C)[C@H](OC)C(OC)C5OC)C[C@H]4C[C@H](Nc4ccc(Cl)cc4)[C@H]3[C@@H]2CC(=O)O1. The topological polar surface area (TPSA) is 123 Å². The number of likely N-dealkylation sites (N-methyl/N-ethyl adjacent to an activating group) is 1. The van der Waals surface area contributed by atoms with Crippen LogP contribution in [-0.2, 0) is 47.5 Å². The van der Waals surface area contributed by atoms with E-state index in [2.05, 4.69) is 44.2 Å². The van der Waals surface area contributed by atoms with Crippen LogP contribution in [0.5, 0.6) is 0 Å². The summed E-state index contributed by atoms with van der Waals surface area (Å²) in [5.74, 6) is -0.343. The molecule has 2 saturated carbocycles. The Bertz CT molecular complexity index is 1630. The minimum Gasteiger partial charge on any atom is -0.462 e. The highest BCUT2D eigenvalue weighted by Crippen LogP contribution is 2.57. The fourth-order valence-electron chi connectivity index (χ4n) is 11.9. The fourth-order valence-corrected chi connectivity index (χ4v) is 12.1. The number of cyclic esters (lactones) is 1. The van der Waals surface area contributed by atoms with Crippen molar-refractivity contribution in [3.8, 4) is 0 Å². The van der Waals surface area contributed by atoms with Gasteiger partial charge in [0.2, 0.25) is 0 Å². The van der Waals surface area contributed by atoms with Gasteiger partial charge in [-0.2, -0.15) is 0 Å². The number of rotatable bonds is 11. The van der Waals surface area contributed by atoms with E-state index in [1.807, 2.05) is 38.1 Å². The lowest BCUT2D eigenvalue weighted by molar-refractivity contribution is -0.314. The van der Waals surface area contributed by atoms with E-state index in [1.165, 1.54) is 0 Å². The summed E-state index contributed by atoms with van der Waals surface area (Å²) in [6.07, 6.45) is 6.56. The van der Waals surface area contributed by atoms with Crippen LogP contribution in [0, 0.1) is 35.5 Å². The number of allylic oxidation sites excluding steroid dienone is 2. The van der Waals surface area contributed by atoms with Gasteiger partial charge in [-0.25, -0.2) is 0 Å². The fraction of sp³-hybridized carbons (Fsp3) is 0.787. The average Bonchev–Trinajstić information content (AvgIpc) is 3.80. The van der Waals surface area contributed by atoms with E-state index in [0.717, 1.165) is 62.6 Å². The summed E-state index contributed by atoms with van der Waals surface area (Å²) in [5, 5.41) is 4.54. The summed E-state index contributed by atoms with van der Waals surface area (Å²) in [7, 11) is 9.16. The van der Waals surface area contributed by atoms with Gasteiger partial charge in [0.15, 0.2) is 18.4 Å². The first-order valence-electron chi connectivity index (χ1n) is 22.7. The maximum absolute atomic E-state index is 15.1. The predicted molar refractivity (Wildman–Crippen MR) is 229 cm³/mol. The summed E-state index contributed by atoms with van der Waals surface area (Å²) >= 11 is 6.33. The molecule has 0 radical (unpaired) electrons. The Kier molecular flexibility index (Phi) is 15.4. The molecule has 4 unspecified atom stereocenters. The van der Waals surface area contributed by atoms with Gasteiger partial charge >= 0.3 is 5.97 Å². The zero-order chi connectivity index (χ0) is 42.8. The lowest BCUT2D eigenvalue weighted by Crippen LogP contribution is -2.59. The van der Waals surface area contributed by atoms with E-state index < -0.39 is 18.3 Å². The molecule has 3 heterocycles. The second-order valence-corrected chi connectivity index (χ2v) is 19.1.